The first kappa shape index (κ1) is 28.7. The van der Waals surface area contributed by atoms with Crippen molar-refractivity contribution in [2.45, 2.75) is 68.3 Å². The third-order valence-corrected chi connectivity index (χ3v) is 8.51. The van der Waals surface area contributed by atoms with Crippen LogP contribution in [-0.2, 0) is 57.8 Å². The lowest BCUT2D eigenvalue weighted by molar-refractivity contribution is -0.806. The lowest BCUT2D eigenvalue weighted by Crippen LogP contribution is -2.63. The van der Waals surface area contributed by atoms with Gasteiger partial charge in [-0.25, -0.2) is 4.89 Å². The topological polar surface area (TPSA) is 232 Å². The summed E-state index contributed by atoms with van der Waals surface area (Å²) in [5.41, 5.74) is 0. The van der Waals surface area contributed by atoms with Crippen molar-refractivity contribution in [3.05, 3.63) is 0 Å². The molecule has 18 heteroatoms. The van der Waals surface area contributed by atoms with Crippen molar-refractivity contribution in [2.75, 3.05) is 13.7 Å². The fourth-order valence-corrected chi connectivity index (χ4v) is 5.97. The van der Waals surface area contributed by atoms with E-state index in [1.165, 1.54) is 13.8 Å². The number of aliphatic hydroxyl groups excluding tert-OH is 1. The highest BCUT2D eigenvalue weighted by atomic mass is 32.2. The van der Waals surface area contributed by atoms with Crippen molar-refractivity contribution in [1.82, 2.24) is 0 Å². The molecule has 0 aromatic rings. The monoisotopic (exact) mass is 525 g/mol. The number of hydrogen-bond acceptors (Lipinski definition) is 16. The molecule has 196 valence electrons. The van der Waals surface area contributed by atoms with Crippen molar-refractivity contribution in [3.8, 4) is 0 Å². The summed E-state index contributed by atoms with van der Waals surface area (Å²) in [7, 11) is -9.12. The van der Waals surface area contributed by atoms with Crippen LogP contribution in [0.25, 0.3) is 0 Å². The molecule has 0 aromatic carbocycles. The number of ether oxygens (including phenoxy) is 4. The van der Waals surface area contributed by atoms with Gasteiger partial charge in [0.05, 0.1) is 12.7 Å². The molecule has 0 bridgehead atoms. The minimum atomic E-state index is -5.12. The Hall–Kier alpha value is -0.580. The first-order valence-corrected chi connectivity index (χ1v) is 12.5. The van der Waals surface area contributed by atoms with Gasteiger partial charge in [0.25, 0.3) is 20.2 Å². The van der Waals surface area contributed by atoms with Crippen LogP contribution < -0.4 is 15.8 Å². The lowest BCUT2D eigenvalue weighted by Gasteiger charge is -2.44. The average molecular weight is 525 g/mol. The van der Waals surface area contributed by atoms with Gasteiger partial charge in [-0.2, -0.15) is 16.8 Å². The Bertz CT molecular complexity index is 833. The van der Waals surface area contributed by atoms with Crippen LogP contribution in [0.15, 0.2) is 0 Å². The predicted octanol–water partition coefficient (Wildman–Crippen LogP) is -4.68. The molecule has 2 fully saturated rings. The zero-order valence-corrected chi connectivity index (χ0v) is 19.5. The van der Waals surface area contributed by atoms with E-state index >= 15 is 0 Å². The first-order valence-electron chi connectivity index (χ1n) is 9.55. The van der Waals surface area contributed by atoms with Gasteiger partial charge in [0.2, 0.25) is 0 Å². The highest BCUT2D eigenvalue weighted by Crippen LogP contribution is 2.36. The second kappa shape index (κ2) is 11.4. The van der Waals surface area contributed by atoms with Crippen LogP contribution in [0.3, 0.4) is 0 Å². The zero-order chi connectivity index (χ0) is 25.1. The standard InChI is InChI=1S/C15H28O16S2/c1-6-5-25-15(12(32(20,21)30-18)10(7(6)2)28-29-17)27-11-9(16)8(3)26-14(24-4)13(11)33(22,23)31-19/h6-19H,5H2,1-4H3/p-3/t6?,7-,8?,9+,10+,11+,12?,13?,14+,15+/m1/s1. The van der Waals surface area contributed by atoms with Crippen molar-refractivity contribution >= 4 is 20.2 Å². The maximum absolute atomic E-state index is 12.5. The number of hydrogen-bond donors (Lipinski definition) is 1. The molecule has 16 nitrogen and oxygen atoms in total. The van der Waals surface area contributed by atoms with E-state index in [0.29, 0.717) is 0 Å². The van der Waals surface area contributed by atoms with E-state index in [2.05, 4.69) is 18.6 Å². The van der Waals surface area contributed by atoms with E-state index in [9.17, 15) is 37.7 Å². The molecule has 0 aromatic heterocycles. The molecule has 2 aliphatic heterocycles. The van der Waals surface area contributed by atoms with Crippen molar-refractivity contribution in [3.63, 3.8) is 0 Å². The van der Waals surface area contributed by atoms with Crippen LogP contribution >= 0.6 is 0 Å². The quantitative estimate of drug-likeness (QED) is 0.220. The molecule has 0 amide bonds. The summed E-state index contributed by atoms with van der Waals surface area (Å²) in [6, 6.07) is 0. The van der Waals surface area contributed by atoms with Crippen LogP contribution in [0.2, 0.25) is 0 Å². The van der Waals surface area contributed by atoms with E-state index in [1.54, 1.807) is 6.92 Å². The molecule has 2 saturated heterocycles. The van der Waals surface area contributed by atoms with Crippen molar-refractivity contribution in [1.29, 1.82) is 0 Å². The minimum Gasteiger partial charge on any atom is -0.707 e. The highest BCUT2D eigenvalue weighted by molar-refractivity contribution is 7.87. The van der Waals surface area contributed by atoms with E-state index in [1.807, 2.05) is 0 Å². The molecule has 0 saturated carbocycles. The van der Waals surface area contributed by atoms with Crippen LogP contribution in [0.5, 0.6) is 0 Å². The second-order valence-electron chi connectivity index (χ2n) is 7.75. The third kappa shape index (κ3) is 5.98. The second-order valence-corrected chi connectivity index (χ2v) is 11.1. The molecule has 2 rings (SSSR count). The van der Waals surface area contributed by atoms with Crippen molar-refractivity contribution in [2.24, 2.45) is 11.8 Å². The van der Waals surface area contributed by atoms with Crippen LogP contribution in [0.4, 0.5) is 0 Å². The van der Waals surface area contributed by atoms with E-state index in [0.717, 1.165) is 7.11 Å². The number of aliphatic hydroxyl groups is 1. The van der Waals surface area contributed by atoms with Gasteiger partial charge in [-0.3, -0.25) is 5.04 Å². The first-order chi connectivity index (χ1) is 15.4. The lowest BCUT2D eigenvalue weighted by atomic mass is 9.90. The summed E-state index contributed by atoms with van der Waals surface area (Å²) < 4.78 is 77.3. The maximum Gasteiger partial charge on any atom is 0.269 e. The normalized spacial score (nSPS) is 41.0. The Kier molecular flexibility index (Phi) is 9.93. The minimum absolute atomic E-state index is 0.215. The molecule has 1 N–H and O–H groups in total. The Balaban J connectivity index is 2.57. The van der Waals surface area contributed by atoms with Gasteiger partial charge >= 0.3 is 0 Å². The van der Waals surface area contributed by atoms with Gasteiger partial charge in [0, 0.05) is 7.11 Å². The molecule has 10 atom stereocenters. The summed E-state index contributed by atoms with van der Waals surface area (Å²) in [6.45, 7) is 4.17. The Labute approximate surface area is 189 Å². The summed E-state index contributed by atoms with van der Waals surface area (Å²) in [4.78, 5) is 4.55. The van der Waals surface area contributed by atoms with E-state index in [4.69, 9.17) is 18.9 Å². The van der Waals surface area contributed by atoms with Crippen molar-refractivity contribution < 1.29 is 75.3 Å². The van der Waals surface area contributed by atoms with Gasteiger partial charge < -0.3 is 48.5 Å². The third-order valence-electron chi connectivity index (χ3n) is 5.82. The average Bonchev–Trinajstić information content (AvgIpc) is 2.88. The van der Waals surface area contributed by atoms with Crippen LogP contribution in [0, 0.1) is 11.8 Å². The molecule has 33 heavy (non-hydrogen) atoms. The summed E-state index contributed by atoms with van der Waals surface area (Å²) in [5.74, 6) is -1.27. The SMILES string of the molecule is CO[C@H]1OC(C)[C@H](O)[C@H](O[C@@H]2OCC(C)[C@@H](C)[C@H](OO[O-])C2S(=O)(=O)O[O-])C1S(=O)(=O)O[O-]. The van der Waals surface area contributed by atoms with Gasteiger partial charge in [-0.15, -0.1) is 0 Å². The van der Waals surface area contributed by atoms with E-state index in [-0.39, 0.29) is 6.61 Å². The smallest absolute Gasteiger partial charge is 0.269 e. The summed E-state index contributed by atoms with van der Waals surface area (Å²) in [5, 5.41) is 42.3. The van der Waals surface area contributed by atoms with Gasteiger partial charge in [0.1, 0.15) is 18.3 Å². The molecule has 0 spiro atoms. The summed E-state index contributed by atoms with van der Waals surface area (Å²) >= 11 is 0. The number of methoxy groups -OCH3 is 1. The fourth-order valence-electron chi connectivity index (χ4n) is 3.76. The Morgan fingerprint density at radius 2 is 1.45 bits per heavy atom. The Morgan fingerprint density at radius 3 is 1.94 bits per heavy atom. The number of rotatable bonds is 9. The largest absolute Gasteiger partial charge is 0.707 e. The fraction of sp³-hybridized carbons (Fsp3) is 1.00. The molecule has 0 aliphatic carbocycles. The molecule has 4 unspecified atom stereocenters. The molecule has 2 heterocycles. The van der Waals surface area contributed by atoms with Crippen LogP contribution in [-0.4, -0.2) is 83.2 Å². The molecular weight excluding hydrogens is 500 g/mol. The predicted molar refractivity (Wildman–Crippen MR) is 93.8 cm³/mol. The highest BCUT2D eigenvalue weighted by Gasteiger charge is 2.55. The van der Waals surface area contributed by atoms with Crippen LogP contribution in [0.1, 0.15) is 20.8 Å². The molecule has 0 radical (unpaired) electrons. The van der Waals surface area contributed by atoms with E-state index < -0.39 is 79.6 Å². The van der Waals surface area contributed by atoms with Gasteiger partial charge in [-0.1, -0.05) is 13.8 Å². The zero-order valence-electron chi connectivity index (χ0n) is 17.9. The Morgan fingerprint density at radius 1 is 0.909 bits per heavy atom. The van der Waals surface area contributed by atoms with Gasteiger partial charge in [-0.05, 0) is 18.8 Å². The summed E-state index contributed by atoms with van der Waals surface area (Å²) in [6.07, 6.45) is -10.2. The van der Waals surface area contributed by atoms with Gasteiger partial charge in [0.15, 0.2) is 23.1 Å². The molecule has 2 aliphatic rings. The maximum atomic E-state index is 12.5. The molecular formula is C15H25O16S2-3.